The largest absolute Gasteiger partial charge is 0.375 e. The number of nitrogens with zero attached hydrogens (tertiary/aromatic N) is 1. The predicted octanol–water partition coefficient (Wildman–Crippen LogP) is 2.00. The van der Waals surface area contributed by atoms with Gasteiger partial charge in [-0.1, -0.05) is 12.8 Å². The molecule has 1 saturated heterocycles. The van der Waals surface area contributed by atoms with Gasteiger partial charge in [-0.25, -0.2) is 0 Å². The molecule has 0 aromatic heterocycles. The maximum atomic E-state index is 11.2. The minimum atomic E-state index is 0.298. The summed E-state index contributed by atoms with van der Waals surface area (Å²) in [5.41, 5.74) is 0. The van der Waals surface area contributed by atoms with Gasteiger partial charge in [-0.2, -0.15) is 0 Å². The molecular weight excluding hydrogens is 202 g/mol. The molecule has 0 aromatic carbocycles. The number of hydrogen-bond acceptors (Lipinski definition) is 3. The van der Waals surface area contributed by atoms with Gasteiger partial charge in [0.1, 0.15) is 5.78 Å². The third-order valence-electron chi connectivity index (χ3n) is 3.92. The Labute approximate surface area is 98.1 Å². The minimum Gasteiger partial charge on any atom is -0.375 e. The average Bonchev–Trinajstić information content (AvgIpc) is 2.27. The van der Waals surface area contributed by atoms with Crippen LogP contribution in [0.1, 0.15) is 46.0 Å². The predicted molar refractivity (Wildman–Crippen MR) is 63.5 cm³/mol. The standard InChI is InChI=1S/C13H23NO2/c1-10(9-11(2)15)14-7-8-16-13-6-4-3-5-12(13)14/h10,12-13H,3-9H2,1-2H3. The highest BCUT2D eigenvalue weighted by Gasteiger charge is 2.36. The van der Waals surface area contributed by atoms with Gasteiger partial charge in [0.2, 0.25) is 0 Å². The number of hydrogen-bond donors (Lipinski definition) is 0. The van der Waals surface area contributed by atoms with E-state index in [0.717, 1.165) is 13.2 Å². The molecule has 3 atom stereocenters. The first kappa shape index (κ1) is 12.1. The fraction of sp³-hybridized carbons (Fsp3) is 0.923. The van der Waals surface area contributed by atoms with Crippen molar-refractivity contribution in [2.45, 2.75) is 64.1 Å². The first-order chi connectivity index (χ1) is 7.68. The number of Topliss-reactive ketones (excluding diaryl/α,β-unsaturated/α-hetero) is 1. The lowest BCUT2D eigenvalue weighted by Gasteiger charge is -2.46. The fourth-order valence-corrected chi connectivity index (χ4v) is 3.21. The summed E-state index contributed by atoms with van der Waals surface area (Å²) in [5, 5.41) is 0. The summed E-state index contributed by atoms with van der Waals surface area (Å²) in [4.78, 5) is 13.7. The van der Waals surface area contributed by atoms with Gasteiger partial charge in [0.05, 0.1) is 12.7 Å². The number of carbonyl (C=O) groups is 1. The number of morpholine rings is 1. The van der Waals surface area contributed by atoms with Gasteiger partial charge < -0.3 is 4.74 Å². The molecule has 0 radical (unpaired) electrons. The van der Waals surface area contributed by atoms with E-state index in [-0.39, 0.29) is 0 Å². The highest BCUT2D eigenvalue weighted by molar-refractivity contribution is 5.76. The molecule has 16 heavy (non-hydrogen) atoms. The molecule has 2 rings (SSSR count). The second-order valence-corrected chi connectivity index (χ2v) is 5.25. The van der Waals surface area contributed by atoms with Gasteiger partial charge in [-0.15, -0.1) is 0 Å². The molecular formula is C13H23NO2. The number of rotatable bonds is 3. The van der Waals surface area contributed by atoms with E-state index in [9.17, 15) is 4.79 Å². The summed E-state index contributed by atoms with van der Waals surface area (Å²) in [6.45, 7) is 5.70. The molecule has 0 N–H and O–H groups in total. The second-order valence-electron chi connectivity index (χ2n) is 5.25. The summed E-state index contributed by atoms with van der Waals surface area (Å²) in [7, 11) is 0. The molecule has 1 aliphatic carbocycles. The number of carbonyl (C=O) groups excluding carboxylic acids is 1. The van der Waals surface area contributed by atoms with Crippen LogP contribution in [0.15, 0.2) is 0 Å². The second kappa shape index (κ2) is 5.28. The maximum absolute atomic E-state index is 11.2. The van der Waals surface area contributed by atoms with Crippen molar-refractivity contribution < 1.29 is 9.53 Å². The number of ketones is 1. The highest BCUT2D eigenvalue weighted by Crippen LogP contribution is 2.30. The van der Waals surface area contributed by atoms with E-state index in [1.54, 1.807) is 6.92 Å². The van der Waals surface area contributed by atoms with Crippen LogP contribution in [0.3, 0.4) is 0 Å². The Hall–Kier alpha value is -0.410. The zero-order chi connectivity index (χ0) is 11.5. The van der Waals surface area contributed by atoms with Crippen molar-refractivity contribution in [1.29, 1.82) is 0 Å². The van der Waals surface area contributed by atoms with Crippen LogP contribution in [-0.2, 0) is 9.53 Å². The fourth-order valence-electron chi connectivity index (χ4n) is 3.21. The lowest BCUT2D eigenvalue weighted by Crippen LogP contribution is -2.55. The molecule has 3 nitrogen and oxygen atoms in total. The van der Waals surface area contributed by atoms with Crippen LogP contribution in [0.5, 0.6) is 0 Å². The van der Waals surface area contributed by atoms with Crippen molar-refractivity contribution in [3.05, 3.63) is 0 Å². The molecule has 0 spiro atoms. The van der Waals surface area contributed by atoms with Crippen LogP contribution in [0.4, 0.5) is 0 Å². The molecule has 3 unspecified atom stereocenters. The van der Waals surface area contributed by atoms with Crippen LogP contribution in [0.25, 0.3) is 0 Å². The molecule has 2 fully saturated rings. The average molecular weight is 225 g/mol. The Kier molecular flexibility index (Phi) is 3.98. The first-order valence-corrected chi connectivity index (χ1v) is 6.55. The Morgan fingerprint density at radius 3 is 2.94 bits per heavy atom. The topological polar surface area (TPSA) is 29.5 Å². The molecule has 1 heterocycles. The van der Waals surface area contributed by atoms with Crippen molar-refractivity contribution >= 4 is 5.78 Å². The van der Waals surface area contributed by atoms with Crippen molar-refractivity contribution in [2.24, 2.45) is 0 Å². The summed E-state index contributed by atoms with van der Waals surface area (Å²) in [6, 6.07) is 0.948. The third kappa shape index (κ3) is 2.64. The lowest BCUT2D eigenvalue weighted by atomic mass is 9.89. The van der Waals surface area contributed by atoms with Gasteiger partial charge in [0.25, 0.3) is 0 Å². The van der Waals surface area contributed by atoms with Gasteiger partial charge >= 0.3 is 0 Å². The van der Waals surface area contributed by atoms with E-state index >= 15 is 0 Å². The Bertz CT molecular complexity index is 252. The molecule has 0 amide bonds. The van der Waals surface area contributed by atoms with Gasteiger partial charge in [0.15, 0.2) is 0 Å². The zero-order valence-electron chi connectivity index (χ0n) is 10.4. The smallest absolute Gasteiger partial charge is 0.131 e. The van der Waals surface area contributed by atoms with Crippen molar-refractivity contribution in [3.8, 4) is 0 Å². The summed E-state index contributed by atoms with van der Waals surface area (Å²) < 4.78 is 5.84. The summed E-state index contributed by atoms with van der Waals surface area (Å²) >= 11 is 0. The van der Waals surface area contributed by atoms with Gasteiger partial charge in [-0.3, -0.25) is 9.69 Å². The van der Waals surface area contributed by atoms with Gasteiger partial charge in [0, 0.05) is 25.0 Å². The highest BCUT2D eigenvalue weighted by atomic mass is 16.5. The normalized spacial score (nSPS) is 33.1. The van der Waals surface area contributed by atoms with E-state index in [2.05, 4.69) is 11.8 Å². The van der Waals surface area contributed by atoms with E-state index in [1.807, 2.05) is 0 Å². The van der Waals surface area contributed by atoms with Crippen LogP contribution in [0, 0.1) is 0 Å². The molecule has 0 bridgehead atoms. The van der Waals surface area contributed by atoms with Crippen LogP contribution in [0.2, 0.25) is 0 Å². The molecule has 1 aliphatic heterocycles. The van der Waals surface area contributed by atoms with Crippen LogP contribution >= 0.6 is 0 Å². The lowest BCUT2D eigenvalue weighted by molar-refractivity contribution is -0.123. The molecule has 92 valence electrons. The van der Waals surface area contributed by atoms with Crippen LogP contribution < -0.4 is 0 Å². The van der Waals surface area contributed by atoms with E-state index in [1.165, 1.54) is 25.7 Å². The summed E-state index contributed by atoms with van der Waals surface area (Å²) in [5.74, 6) is 0.298. The third-order valence-corrected chi connectivity index (χ3v) is 3.92. The Morgan fingerprint density at radius 2 is 2.19 bits per heavy atom. The van der Waals surface area contributed by atoms with Gasteiger partial charge in [-0.05, 0) is 26.7 Å². The molecule has 1 saturated carbocycles. The monoisotopic (exact) mass is 225 g/mol. The Balaban J connectivity index is 1.98. The minimum absolute atomic E-state index is 0.298. The van der Waals surface area contributed by atoms with Crippen LogP contribution in [-0.4, -0.2) is 42.0 Å². The number of fused-ring (bicyclic) bond motifs is 1. The molecule has 0 aromatic rings. The van der Waals surface area contributed by atoms with Crippen molar-refractivity contribution in [1.82, 2.24) is 4.90 Å². The first-order valence-electron chi connectivity index (χ1n) is 6.55. The van der Waals surface area contributed by atoms with E-state index in [0.29, 0.717) is 30.4 Å². The SMILES string of the molecule is CC(=O)CC(C)N1CCOC2CCCCC21. The quantitative estimate of drug-likeness (QED) is 0.735. The zero-order valence-corrected chi connectivity index (χ0v) is 10.4. The summed E-state index contributed by atoms with van der Waals surface area (Å²) in [6.07, 6.45) is 6.17. The Morgan fingerprint density at radius 1 is 1.44 bits per heavy atom. The van der Waals surface area contributed by atoms with Crippen molar-refractivity contribution in [3.63, 3.8) is 0 Å². The van der Waals surface area contributed by atoms with E-state index < -0.39 is 0 Å². The molecule has 3 heteroatoms. The van der Waals surface area contributed by atoms with E-state index in [4.69, 9.17) is 4.74 Å². The van der Waals surface area contributed by atoms with Crippen molar-refractivity contribution in [2.75, 3.05) is 13.2 Å². The maximum Gasteiger partial charge on any atom is 0.131 e. The molecule has 2 aliphatic rings. The number of ether oxygens (including phenoxy) is 1.